The number of allylic oxidation sites excluding steroid dienone is 2. The normalized spacial score (nSPS) is 24.9. The molecular formula is C23H28F3O6-. The number of hydrogen-bond acceptors (Lipinski definition) is 6. The van der Waals surface area contributed by atoms with E-state index in [1.807, 2.05) is 12.2 Å². The Morgan fingerprint density at radius 2 is 2.00 bits per heavy atom. The molecule has 1 fully saturated rings. The van der Waals surface area contributed by atoms with E-state index in [0.717, 1.165) is 12.1 Å². The Labute approximate surface area is 184 Å². The first-order valence-corrected chi connectivity index (χ1v) is 10.5. The second-order valence-corrected chi connectivity index (χ2v) is 7.87. The average molecular weight is 457 g/mol. The molecule has 0 amide bonds. The number of carbonyl (C=O) groups excluding carboxylic acids is 1. The van der Waals surface area contributed by atoms with Gasteiger partial charge in [-0.3, -0.25) is 0 Å². The predicted octanol–water partition coefficient (Wildman–Crippen LogP) is 2.23. The van der Waals surface area contributed by atoms with Gasteiger partial charge in [0.2, 0.25) is 0 Å². The van der Waals surface area contributed by atoms with E-state index >= 15 is 0 Å². The first kappa shape index (κ1) is 25.9. The van der Waals surface area contributed by atoms with Gasteiger partial charge in [-0.15, -0.1) is 0 Å². The van der Waals surface area contributed by atoms with E-state index in [0.29, 0.717) is 19.3 Å². The number of halogens is 3. The summed E-state index contributed by atoms with van der Waals surface area (Å²) in [6.07, 6.45) is 1.15. The summed E-state index contributed by atoms with van der Waals surface area (Å²) >= 11 is 0. The lowest BCUT2D eigenvalue weighted by Gasteiger charge is -2.19. The Kier molecular flexibility index (Phi) is 9.74. The van der Waals surface area contributed by atoms with E-state index in [2.05, 4.69) is 0 Å². The molecule has 1 aliphatic carbocycles. The molecule has 0 saturated heterocycles. The third-order valence-corrected chi connectivity index (χ3v) is 5.38. The topological polar surface area (TPSA) is 110 Å². The molecule has 0 aromatic heterocycles. The smallest absolute Gasteiger partial charge is 0.416 e. The van der Waals surface area contributed by atoms with Gasteiger partial charge in [-0.05, 0) is 49.8 Å². The number of hydrogen-bond donors (Lipinski definition) is 3. The second kappa shape index (κ2) is 12.0. The molecule has 1 saturated carbocycles. The number of rotatable bonds is 11. The maximum Gasteiger partial charge on any atom is 0.416 e. The Hall–Kier alpha value is -2.36. The van der Waals surface area contributed by atoms with Crippen molar-refractivity contribution in [2.75, 3.05) is 6.61 Å². The summed E-state index contributed by atoms with van der Waals surface area (Å²) in [7, 11) is 0. The molecule has 32 heavy (non-hydrogen) atoms. The molecule has 0 heterocycles. The van der Waals surface area contributed by atoms with Crippen molar-refractivity contribution in [3.8, 4) is 5.75 Å². The van der Waals surface area contributed by atoms with Gasteiger partial charge in [-0.2, -0.15) is 13.2 Å². The monoisotopic (exact) mass is 457 g/mol. The van der Waals surface area contributed by atoms with E-state index in [9.17, 15) is 38.4 Å². The van der Waals surface area contributed by atoms with E-state index < -0.39 is 41.9 Å². The van der Waals surface area contributed by atoms with Crippen LogP contribution in [-0.2, 0) is 11.0 Å². The zero-order valence-electron chi connectivity index (χ0n) is 17.4. The summed E-state index contributed by atoms with van der Waals surface area (Å²) in [5.41, 5.74) is -0.848. The SMILES string of the molecule is O=C([O-])CCCC=CC[C@@H]1[C@@H](/C=C/[C@@H](O)COc2cccc(C(F)(F)F)c2)[C@H](O)C[C@@H]1O. The highest BCUT2D eigenvalue weighted by molar-refractivity contribution is 5.64. The van der Waals surface area contributed by atoms with Crippen LogP contribution in [0.15, 0.2) is 48.6 Å². The minimum Gasteiger partial charge on any atom is -0.550 e. The van der Waals surface area contributed by atoms with Crippen LogP contribution in [0.3, 0.4) is 0 Å². The zero-order chi connectivity index (χ0) is 23.7. The van der Waals surface area contributed by atoms with Crippen molar-refractivity contribution >= 4 is 5.97 Å². The van der Waals surface area contributed by atoms with E-state index in [4.69, 9.17) is 4.74 Å². The molecule has 0 spiro atoms. The molecule has 2 rings (SSSR count). The molecule has 9 heteroatoms. The van der Waals surface area contributed by atoms with Crippen molar-refractivity contribution in [3.05, 3.63) is 54.1 Å². The quantitative estimate of drug-likeness (QED) is 0.347. The van der Waals surface area contributed by atoms with Crippen LogP contribution in [0.1, 0.15) is 37.7 Å². The van der Waals surface area contributed by atoms with Crippen LogP contribution in [0, 0.1) is 11.8 Å². The first-order chi connectivity index (χ1) is 15.1. The minimum absolute atomic E-state index is 0.0229. The highest BCUT2D eigenvalue weighted by Gasteiger charge is 2.39. The number of carbonyl (C=O) groups is 1. The molecule has 6 nitrogen and oxygen atoms in total. The third-order valence-electron chi connectivity index (χ3n) is 5.38. The number of ether oxygens (including phenoxy) is 1. The van der Waals surface area contributed by atoms with Crippen molar-refractivity contribution in [1.82, 2.24) is 0 Å². The number of unbranched alkanes of at least 4 members (excludes halogenated alkanes) is 1. The lowest BCUT2D eigenvalue weighted by molar-refractivity contribution is -0.305. The molecule has 0 radical (unpaired) electrons. The summed E-state index contributed by atoms with van der Waals surface area (Å²) in [6.45, 7) is -0.272. The van der Waals surface area contributed by atoms with Crippen LogP contribution in [0.2, 0.25) is 0 Å². The van der Waals surface area contributed by atoms with Gasteiger partial charge >= 0.3 is 6.18 Å². The number of carboxylic acid groups (broad SMARTS) is 1. The molecule has 1 aromatic carbocycles. The zero-order valence-corrected chi connectivity index (χ0v) is 17.4. The number of alkyl halides is 3. The van der Waals surface area contributed by atoms with Crippen LogP contribution in [-0.4, -0.2) is 46.2 Å². The van der Waals surface area contributed by atoms with E-state index in [1.54, 1.807) is 6.08 Å². The average Bonchev–Trinajstić information content (AvgIpc) is 2.99. The fourth-order valence-electron chi connectivity index (χ4n) is 3.70. The molecule has 1 aliphatic rings. The largest absolute Gasteiger partial charge is 0.550 e. The van der Waals surface area contributed by atoms with Crippen LogP contribution in [0.4, 0.5) is 13.2 Å². The second-order valence-electron chi connectivity index (χ2n) is 7.87. The van der Waals surface area contributed by atoms with Gasteiger partial charge in [0.1, 0.15) is 18.5 Å². The fraction of sp³-hybridized carbons (Fsp3) is 0.522. The van der Waals surface area contributed by atoms with E-state index in [1.165, 1.54) is 18.2 Å². The summed E-state index contributed by atoms with van der Waals surface area (Å²) < 4.78 is 43.5. The van der Waals surface area contributed by atoms with Crippen LogP contribution < -0.4 is 9.84 Å². The number of carboxylic acids is 1. The van der Waals surface area contributed by atoms with Gasteiger partial charge in [0.05, 0.1) is 17.8 Å². The highest BCUT2D eigenvalue weighted by Crippen LogP contribution is 2.36. The third kappa shape index (κ3) is 8.29. The Bertz CT molecular complexity index is 792. The van der Waals surface area contributed by atoms with Gasteiger partial charge in [-0.1, -0.05) is 30.4 Å². The van der Waals surface area contributed by atoms with Crippen LogP contribution >= 0.6 is 0 Å². The van der Waals surface area contributed by atoms with Gasteiger partial charge in [-0.25, -0.2) is 0 Å². The molecule has 0 aliphatic heterocycles. The molecule has 3 N–H and O–H groups in total. The van der Waals surface area contributed by atoms with Gasteiger partial charge < -0.3 is 30.0 Å². The van der Waals surface area contributed by atoms with Crippen LogP contribution in [0.5, 0.6) is 5.75 Å². The van der Waals surface area contributed by atoms with Crippen molar-refractivity contribution < 1.29 is 43.1 Å². The standard InChI is InChI=1S/C23H29F3O6/c24-23(25,26)15-6-5-7-17(12-15)32-14-16(27)10-11-19-18(20(28)13-21(19)29)8-3-1-2-4-9-22(30)31/h1,3,5-7,10-12,16,18-21,27-29H,2,4,8-9,13-14H2,(H,30,31)/p-1/b3-1?,11-10+/t16-,18-,19-,20+,21-/m1/s1. The lowest BCUT2D eigenvalue weighted by atomic mass is 9.89. The predicted molar refractivity (Wildman–Crippen MR) is 108 cm³/mol. The van der Waals surface area contributed by atoms with Crippen molar-refractivity contribution in [3.63, 3.8) is 0 Å². The molecule has 0 unspecified atom stereocenters. The number of aliphatic hydroxyl groups is 3. The van der Waals surface area contributed by atoms with Gasteiger partial charge in [0.15, 0.2) is 0 Å². The van der Waals surface area contributed by atoms with Gasteiger partial charge in [0.25, 0.3) is 0 Å². The number of aliphatic hydroxyl groups excluding tert-OH is 3. The van der Waals surface area contributed by atoms with Crippen molar-refractivity contribution in [2.45, 2.75) is 56.6 Å². The summed E-state index contributed by atoms with van der Waals surface area (Å²) in [6, 6.07) is 4.35. The fourth-order valence-corrected chi connectivity index (χ4v) is 3.70. The summed E-state index contributed by atoms with van der Waals surface area (Å²) in [5, 5.41) is 41.0. The molecule has 5 atom stereocenters. The van der Waals surface area contributed by atoms with Gasteiger partial charge in [0, 0.05) is 18.3 Å². The molecular weight excluding hydrogens is 429 g/mol. The van der Waals surface area contributed by atoms with Crippen LogP contribution in [0.25, 0.3) is 0 Å². The molecule has 0 bridgehead atoms. The molecule has 178 valence electrons. The first-order valence-electron chi connectivity index (χ1n) is 10.5. The summed E-state index contributed by atoms with van der Waals surface area (Å²) in [4.78, 5) is 10.4. The Morgan fingerprint density at radius 1 is 1.25 bits per heavy atom. The number of benzene rings is 1. The number of aliphatic carboxylic acids is 1. The lowest BCUT2D eigenvalue weighted by Crippen LogP contribution is -2.21. The molecule has 1 aromatic rings. The Morgan fingerprint density at radius 3 is 2.69 bits per heavy atom. The Balaban J connectivity index is 1.87. The summed E-state index contributed by atoms with van der Waals surface area (Å²) in [5.74, 6) is -1.82. The maximum absolute atomic E-state index is 12.8. The maximum atomic E-state index is 12.8. The van der Waals surface area contributed by atoms with E-state index in [-0.39, 0.29) is 31.1 Å². The minimum atomic E-state index is -4.49. The van der Waals surface area contributed by atoms with Crippen molar-refractivity contribution in [2.24, 2.45) is 11.8 Å². The highest BCUT2D eigenvalue weighted by atomic mass is 19.4. The van der Waals surface area contributed by atoms with Crippen molar-refractivity contribution in [1.29, 1.82) is 0 Å².